The van der Waals surface area contributed by atoms with Crippen molar-refractivity contribution in [2.24, 2.45) is 0 Å². The molecule has 0 amide bonds. The monoisotopic (exact) mass is 241 g/mol. The Kier molecular flexibility index (Phi) is 2.56. The minimum Gasteiger partial charge on any atom is -0.391 e. The smallest absolute Gasteiger partial charge is 0.0731 e. The minimum absolute atomic E-state index is 0.160. The van der Waals surface area contributed by atoms with Crippen molar-refractivity contribution < 1.29 is 5.11 Å². The fraction of sp³-hybridized carbons (Fsp3) is 0.400. The van der Waals surface area contributed by atoms with Gasteiger partial charge in [-0.25, -0.2) is 0 Å². The third kappa shape index (κ3) is 1.86. The van der Waals surface area contributed by atoms with Crippen LogP contribution in [0.5, 0.6) is 0 Å². The second kappa shape index (κ2) is 3.68. The molecule has 1 unspecified atom stereocenters. The first-order valence-corrected chi connectivity index (χ1v) is 5.24. The first-order valence-electron chi connectivity index (χ1n) is 4.45. The predicted octanol–water partition coefficient (Wildman–Crippen LogP) is 2.02. The third-order valence-electron chi connectivity index (χ3n) is 2.36. The Bertz CT molecular complexity index is 303. The van der Waals surface area contributed by atoms with Crippen molar-refractivity contribution in [3.63, 3.8) is 0 Å². The van der Waals surface area contributed by atoms with Crippen LogP contribution in [0.25, 0.3) is 0 Å². The van der Waals surface area contributed by atoms with Gasteiger partial charge in [-0.05, 0) is 34.5 Å². The van der Waals surface area contributed by atoms with Crippen LogP contribution in [-0.2, 0) is 0 Å². The first kappa shape index (κ1) is 9.03. The zero-order valence-corrected chi connectivity index (χ0v) is 8.87. The molecule has 1 N–H and O–H groups in total. The summed E-state index contributed by atoms with van der Waals surface area (Å²) in [7, 11) is 0. The average Bonchev–Trinajstić information content (AvgIpc) is 2.53. The molecule has 0 spiro atoms. The van der Waals surface area contributed by atoms with Crippen LogP contribution in [0, 0.1) is 0 Å². The summed E-state index contributed by atoms with van der Waals surface area (Å²) in [5.74, 6) is 0. The molecule has 0 saturated carbocycles. The lowest BCUT2D eigenvalue weighted by atomic mass is 10.3. The molecule has 1 fully saturated rings. The van der Waals surface area contributed by atoms with Crippen LogP contribution in [0.15, 0.2) is 28.7 Å². The summed E-state index contributed by atoms with van der Waals surface area (Å²) in [6.45, 7) is 1.70. The zero-order valence-electron chi connectivity index (χ0n) is 7.28. The summed E-state index contributed by atoms with van der Waals surface area (Å²) in [4.78, 5) is 2.20. The summed E-state index contributed by atoms with van der Waals surface area (Å²) >= 11 is 3.50. The van der Waals surface area contributed by atoms with E-state index >= 15 is 0 Å². The maximum Gasteiger partial charge on any atom is 0.0731 e. The molecule has 0 radical (unpaired) electrons. The number of halogens is 1. The molecule has 1 aromatic carbocycles. The Morgan fingerprint density at radius 3 is 2.77 bits per heavy atom. The van der Waals surface area contributed by atoms with Crippen molar-refractivity contribution in [2.75, 3.05) is 18.0 Å². The highest BCUT2D eigenvalue weighted by molar-refractivity contribution is 9.10. The van der Waals surface area contributed by atoms with Gasteiger partial charge in [-0.3, -0.25) is 0 Å². The van der Waals surface area contributed by atoms with Crippen molar-refractivity contribution >= 4 is 21.6 Å². The van der Waals surface area contributed by atoms with Crippen LogP contribution < -0.4 is 4.90 Å². The minimum atomic E-state index is -0.160. The molecule has 0 aliphatic carbocycles. The van der Waals surface area contributed by atoms with Gasteiger partial charge >= 0.3 is 0 Å². The topological polar surface area (TPSA) is 23.5 Å². The highest BCUT2D eigenvalue weighted by atomic mass is 79.9. The number of β-amino-alcohol motifs (C(OH)–C–C–N with tert-alkyl or cyclic N) is 1. The second-order valence-corrected chi connectivity index (χ2v) is 4.19. The van der Waals surface area contributed by atoms with Gasteiger partial charge in [0, 0.05) is 17.6 Å². The van der Waals surface area contributed by atoms with E-state index in [1.54, 1.807) is 0 Å². The fourth-order valence-corrected chi connectivity index (χ4v) is 2.20. The molecule has 70 valence electrons. The highest BCUT2D eigenvalue weighted by Gasteiger charge is 2.21. The number of nitrogens with zero attached hydrogens (tertiary/aromatic N) is 1. The summed E-state index contributed by atoms with van der Waals surface area (Å²) in [6.07, 6.45) is 0.716. The lowest BCUT2D eigenvalue weighted by molar-refractivity contribution is 0.198. The quantitative estimate of drug-likeness (QED) is 0.814. The lowest BCUT2D eigenvalue weighted by Gasteiger charge is -2.18. The number of para-hydroxylation sites is 1. The van der Waals surface area contributed by atoms with Crippen molar-refractivity contribution in [3.05, 3.63) is 28.7 Å². The summed E-state index contributed by atoms with van der Waals surface area (Å²) < 4.78 is 1.10. The molecule has 1 atom stereocenters. The third-order valence-corrected chi connectivity index (χ3v) is 3.03. The Hall–Kier alpha value is -0.540. The van der Waals surface area contributed by atoms with Gasteiger partial charge in [0.2, 0.25) is 0 Å². The number of anilines is 1. The Balaban J connectivity index is 2.21. The SMILES string of the molecule is OC1CCN(c2ccccc2Br)C1. The number of hydrogen-bond donors (Lipinski definition) is 1. The molecule has 1 aromatic rings. The molecule has 0 bridgehead atoms. The molecule has 2 rings (SSSR count). The van der Waals surface area contributed by atoms with Crippen LogP contribution in [0.4, 0.5) is 5.69 Å². The second-order valence-electron chi connectivity index (χ2n) is 3.34. The number of aliphatic hydroxyl groups is 1. The normalized spacial score (nSPS) is 22.3. The molecule has 0 aromatic heterocycles. The Morgan fingerprint density at radius 1 is 1.38 bits per heavy atom. The summed E-state index contributed by atoms with van der Waals surface area (Å²) in [5, 5.41) is 9.39. The van der Waals surface area contributed by atoms with E-state index in [9.17, 15) is 5.11 Å². The van der Waals surface area contributed by atoms with Gasteiger partial charge in [-0.1, -0.05) is 12.1 Å². The van der Waals surface area contributed by atoms with E-state index in [4.69, 9.17) is 0 Å². The van der Waals surface area contributed by atoms with Crippen LogP contribution in [0.2, 0.25) is 0 Å². The van der Waals surface area contributed by atoms with Crippen LogP contribution in [-0.4, -0.2) is 24.3 Å². The molecule has 1 aliphatic rings. The first-order chi connectivity index (χ1) is 6.27. The maximum atomic E-state index is 9.39. The van der Waals surface area contributed by atoms with Crippen molar-refractivity contribution in [1.29, 1.82) is 0 Å². The van der Waals surface area contributed by atoms with Gasteiger partial charge in [-0.2, -0.15) is 0 Å². The van der Waals surface area contributed by atoms with Gasteiger partial charge in [0.05, 0.1) is 11.8 Å². The van der Waals surface area contributed by atoms with E-state index in [-0.39, 0.29) is 6.10 Å². The van der Waals surface area contributed by atoms with Crippen molar-refractivity contribution in [3.8, 4) is 0 Å². The van der Waals surface area contributed by atoms with Crippen molar-refractivity contribution in [2.45, 2.75) is 12.5 Å². The molecular weight excluding hydrogens is 230 g/mol. The van der Waals surface area contributed by atoms with Gasteiger partial charge in [-0.15, -0.1) is 0 Å². The van der Waals surface area contributed by atoms with Crippen LogP contribution in [0.3, 0.4) is 0 Å². The van der Waals surface area contributed by atoms with E-state index in [1.807, 2.05) is 18.2 Å². The molecular formula is C10H12BrNO. The van der Waals surface area contributed by atoms with Gasteiger partial charge in [0.15, 0.2) is 0 Å². The highest BCUT2D eigenvalue weighted by Crippen LogP contribution is 2.28. The van der Waals surface area contributed by atoms with Crippen LogP contribution in [0.1, 0.15) is 6.42 Å². The maximum absolute atomic E-state index is 9.39. The Labute approximate surface area is 86.3 Å². The fourth-order valence-electron chi connectivity index (χ4n) is 1.67. The lowest BCUT2D eigenvalue weighted by Crippen LogP contribution is -2.21. The molecule has 2 nitrogen and oxygen atoms in total. The summed E-state index contributed by atoms with van der Waals surface area (Å²) in [5.41, 5.74) is 1.18. The average molecular weight is 242 g/mol. The largest absolute Gasteiger partial charge is 0.391 e. The molecule has 3 heteroatoms. The van der Waals surface area contributed by atoms with E-state index in [0.29, 0.717) is 0 Å². The van der Waals surface area contributed by atoms with E-state index in [2.05, 4.69) is 26.9 Å². The standard InChI is InChI=1S/C10H12BrNO/c11-9-3-1-2-4-10(9)12-6-5-8(13)7-12/h1-4,8,13H,5-7H2. The number of hydrogen-bond acceptors (Lipinski definition) is 2. The molecule has 1 saturated heterocycles. The van der Waals surface area contributed by atoms with Crippen LogP contribution >= 0.6 is 15.9 Å². The number of aliphatic hydroxyl groups excluding tert-OH is 1. The predicted molar refractivity (Wildman–Crippen MR) is 57.0 cm³/mol. The van der Waals surface area contributed by atoms with Gasteiger partial charge < -0.3 is 10.0 Å². The molecule has 1 aliphatic heterocycles. The van der Waals surface area contributed by atoms with E-state index < -0.39 is 0 Å². The van der Waals surface area contributed by atoms with Gasteiger partial charge in [0.25, 0.3) is 0 Å². The van der Waals surface area contributed by atoms with Gasteiger partial charge in [0.1, 0.15) is 0 Å². The van der Waals surface area contributed by atoms with E-state index in [0.717, 1.165) is 24.0 Å². The van der Waals surface area contributed by atoms with E-state index in [1.165, 1.54) is 5.69 Å². The summed E-state index contributed by atoms with van der Waals surface area (Å²) in [6, 6.07) is 8.12. The number of rotatable bonds is 1. The van der Waals surface area contributed by atoms with Crippen molar-refractivity contribution in [1.82, 2.24) is 0 Å². The molecule has 1 heterocycles. The zero-order chi connectivity index (χ0) is 9.26. The Morgan fingerprint density at radius 2 is 2.15 bits per heavy atom. The molecule has 13 heavy (non-hydrogen) atoms. The number of benzene rings is 1.